The first kappa shape index (κ1) is 16.5. The molecule has 0 unspecified atom stereocenters. The maximum atomic E-state index is 12.0. The lowest BCUT2D eigenvalue weighted by Gasteiger charge is -2.09. The average molecular weight is 357 g/mol. The van der Waals surface area contributed by atoms with Crippen molar-refractivity contribution in [2.75, 3.05) is 6.26 Å². The van der Waals surface area contributed by atoms with Crippen LogP contribution in [0.1, 0.15) is 20.7 Å². The van der Waals surface area contributed by atoms with Crippen molar-refractivity contribution in [1.29, 1.82) is 0 Å². The lowest BCUT2D eigenvalue weighted by atomic mass is 10.2. The molecule has 114 valence electrons. The third-order valence-electron chi connectivity index (χ3n) is 2.56. The Labute approximate surface area is 140 Å². The second-order valence-electron chi connectivity index (χ2n) is 3.95. The maximum Gasteiger partial charge on any atom is 0.274 e. The quantitative estimate of drug-likeness (QED) is 0.382. The summed E-state index contributed by atoms with van der Waals surface area (Å²) < 4.78 is 0. The number of aromatic nitrogens is 2. The molecule has 2 aromatic rings. The monoisotopic (exact) mass is 356 g/mol. The van der Waals surface area contributed by atoms with E-state index in [0.717, 1.165) is 0 Å². The van der Waals surface area contributed by atoms with E-state index in [1.807, 2.05) is 0 Å². The number of nitrogens with zero attached hydrogens (tertiary/aromatic N) is 2. The molecule has 0 saturated heterocycles. The molecule has 1 heterocycles. The van der Waals surface area contributed by atoms with Gasteiger partial charge in [-0.25, -0.2) is 9.97 Å². The molecule has 0 fully saturated rings. The molecule has 2 N–H and O–H groups in total. The number of amides is 2. The molecular formula is C13H10Cl2N4O2S. The molecule has 6 nitrogen and oxygen atoms in total. The van der Waals surface area contributed by atoms with Crippen molar-refractivity contribution in [3.63, 3.8) is 0 Å². The van der Waals surface area contributed by atoms with Crippen LogP contribution >= 0.6 is 35.0 Å². The van der Waals surface area contributed by atoms with Crippen LogP contribution in [0.3, 0.4) is 0 Å². The Kier molecular flexibility index (Phi) is 5.59. The zero-order chi connectivity index (χ0) is 16.1. The molecule has 22 heavy (non-hydrogen) atoms. The summed E-state index contributed by atoms with van der Waals surface area (Å²) in [6.07, 6.45) is 3.08. The number of halogens is 2. The first-order valence-electron chi connectivity index (χ1n) is 5.94. The number of hydrogen-bond acceptors (Lipinski definition) is 5. The molecular weight excluding hydrogens is 347 g/mol. The van der Waals surface area contributed by atoms with Crippen LogP contribution in [0, 0.1) is 0 Å². The predicted octanol–water partition coefficient (Wildman–Crippen LogP) is 2.58. The fourth-order valence-electron chi connectivity index (χ4n) is 1.49. The summed E-state index contributed by atoms with van der Waals surface area (Å²) in [7, 11) is 0. The largest absolute Gasteiger partial charge is 0.274 e. The minimum atomic E-state index is -0.627. The van der Waals surface area contributed by atoms with Crippen LogP contribution in [0.25, 0.3) is 0 Å². The highest BCUT2D eigenvalue weighted by Crippen LogP contribution is 2.16. The van der Waals surface area contributed by atoms with E-state index in [4.69, 9.17) is 23.2 Å². The van der Waals surface area contributed by atoms with Crippen molar-refractivity contribution < 1.29 is 9.59 Å². The molecule has 9 heteroatoms. The van der Waals surface area contributed by atoms with Gasteiger partial charge in [-0.05, 0) is 18.4 Å². The number of nitrogens with one attached hydrogen (secondary N) is 2. The summed E-state index contributed by atoms with van der Waals surface area (Å²) in [6, 6.07) is 6.47. The highest BCUT2D eigenvalue weighted by atomic mass is 35.5. The summed E-state index contributed by atoms with van der Waals surface area (Å²) >= 11 is 13.1. The molecule has 0 saturated carbocycles. The summed E-state index contributed by atoms with van der Waals surface area (Å²) in [4.78, 5) is 31.8. The van der Waals surface area contributed by atoms with Crippen LogP contribution in [-0.4, -0.2) is 28.0 Å². The first-order valence-corrected chi connectivity index (χ1v) is 7.92. The van der Waals surface area contributed by atoms with Gasteiger partial charge in [0.1, 0.15) is 5.15 Å². The van der Waals surface area contributed by atoms with Crippen LogP contribution in [0.5, 0.6) is 0 Å². The zero-order valence-electron chi connectivity index (χ0n) is 11.3. The lowest BCUT2D eigenvalue weighted by molar-refractivity contribution is 0.0846. The normalized spacial score (nSPS) is 10.1. The standard InChI is InChI=1S/C13H10Cl2N4O2S/c1-22-13-16-6-8(10(15)17-13)12(21)19-18-11(20)7-4-2-3-5-9(7)14/h2-6H,1H3,(H,18,20)(H,19,21). The van der Waals surface area contributed by atoms with Gasteiger partial charge in [0.2, 0.25) is 0 Å². The number of carbonyl (C=O) groups excluding carboxylic acids is 2. The molecule has 2 amide bonds. The SMILES string of the molecule is CSc1ncc(C(=O)NNC(=O)c2ccccc2Cl)c(Cl)n1. The van der Waals surface area contributed by atoms with Gasteiger partial charge in [-0.2, -0.15) is 0 Å². The van der Waals surface area contributed by atoms with Crippen LogP contribution in [-0.2, 0) is 0 Å². The Morgan fingerprint density at radius 1 is 1.09 bits per heavy atom. The van der Waals surface area contributed by atoms with Crippen molar-refractivity contribution >= 4 is 46.8 Å². The first-order chi connectivity index (χ1) is 10.5. The summed E-state index contributed by atoms with van der Waals surface area (Å²) in [6.45, 7) is 0. The van der Waals surface area contributed by atoms with Gasteiger partial charge < -0.3 is 0 Å². The molecule has 1 aromatic carbocycles. The van der Waals surface area contributed by atoms with E-state index >= 15 is 0 Å². The highest BCUT2D eigenvalue weighted by molar-refractivity contribution is 7.98. The molecule has 0 bridgehead atoms. The molecule has 0 aliphatic carbocycles. The smallest absolute Gasteiger partial charge is 0.267 e. The van der Waals surface area contributed by atoms with E-state index < -0.39 is 11.8 Å². The van der Waals surface area contributed by atoms with E-state index in [-0.39, 0.29) is 21.3 Å². The number of carbonyl (C=O) groups is 2. The fraction of sp³-hybridized carbons (Fsp3) is 0.0769. The Morgan fingerprint density at radius 3 is 2.32 bits per heavy atom. The zero-order valence-corrected chi connectivity index (χ0v) is 13.6. The third-order valence-corrected chi connectivity index (χ3v) is 3.73. The number of benzene rings is 1. The number of thioether (sulfide) groups is 1. The van der Waals surface area contributed by atoms with E-state index in [1.54, 1.807) is 24.5 Å². The Hall–Kier alpha value is -1.83. The molecule has 2 rings (SSSR count). The molecule has 0 radical (unpaired) electrons. The molecule has 0 aliphatic rings. The summed E-state index contributed by atoms with van der Waals surface area (Å²) in [5, 5.41) is 0.727. The molecule has 0 spiro atoms. The van der Waals surface area contributed by atoms with Gasteiger partial charge in [0.05, 0.1) is 16.1 Å². The molecule has 0 atom stereocenters. The lowest BCUT2D eigenvalue weighted by Crippen LogP contribution is -2.42. The summed E-state index contributed by atoms with van der Waals surface area (Å²) in [5.41, 5.74) is 4.78. The van der Waals surface area contributed by atoms with E-state index in [9.17, 15) is 9.59 Å². The van der Waals surface area contributed by atoms with Crippen LogP contribution in [0.4, 0.5) is 0 Å². The van der Waals surface area contributed by atoms with E-state index in [2.05, 4.69) is 20.8 Å². The summed E-state index contributed by atoms with van der Waals surface area (Å²) in [5.74, 6) is -1.17. The molecule has 0 aliphatic heterocycles. The minimum Gasteiger partial charge on any atom is -0.267 e. The topological polar surface area (TPSA) is 84.0 Å². The van der Waals surface area contributed by atoms with Gasteiger partial charge in [-0.3, -0.25) is 20.4 Å². The Bertz CT molecular complexity index is 727. The van der Waals surface area contributed by atoms with Gasteiger partial charge in [0, 0.05) is 6.20 Å². The van der Waals surface area contributed by atoms with Crippen LogP contribution in [0.2, 0.25) is 10.2 Å². The van der Waals surface area contributed by atoms with Gasteiger partial charge in [0.25, 0.3) is 11.8 Å². The van der Waals surface area contributed by atoms with Gasteiger partial charge in [-0.1, -0.05) is 47.1 Å². The second kappa shape index (κ2) is 7.44. The average Bonchev–Trinajstić information content (AvgIpc) is 2.52. The number of rotatable bonds is 3. The maximum absolute atomic E-state index is 12.0. The van der Waals surface area contributed by atoms with Crippen molar-refractivity contribution in [1.82, 2.24) is 20.8 Å². The fourth-order valence-corrected chi connectivity index (χ4v) is 2.32. The van der Waals surface area contributed by atoms with Gasteiger partial charge in [-0.15, -0.1) is 0 Å². The number of hydrazine groups is 1. The predicted molar refractivity (Wildman–Crippen MR) is 85.2 cm³/mol. The third kappa shape index (κ3) is 3.88. The van der Waals surface area contributed by atoms with Crippen molar-refractivity contribution in [2.24, 2.45) is 0 Å². The van der Waals surface area contributed by atoms with Crippen molar-refractivity contribution in [3.05, 3.63) is 51.8 Å². The van der Waals surface area contributed by atoms with Crippen molar-refractivity contribution in [2.45, 2.75) is 5.16 Å². The minimum absolute atomic E-state index is 0.00356. The van der Waals surface area contributed by atoms with Crippen LogP contribution in [0.15, 0.2) is 35.6 Å². The van der Waals surface area contributed by atoms with Gasteiger partial charge in [0.15, 0.2) is 5.16 Å². The Morgan fingerprint density at radius 2 is 1.73 bits per heavy atom. The van der Waals surface area contributed by atoms with Crippen LogP contribution < -0.4 is 10.9 Å². The van der Waals surface area contributed by atoms with E-state index in [1.165, 1.54) is 24.0 Å². The van der Waals surface area contributed by atoms with E-state index in [0.29, 0.717) is 5.16 Å². The molecule has 1 aromatic heterocycles. The Balaban J connectivity index is 2.04. The highest BCUT2D eigenvalue weighted by Gasteiger charge is 2.15. The second-order valence-corrected chi connectivity index (χ2v) is 5.49. The number of hydrogen-bond donors (Lipinski definition) is 2. The van der Waals surface area contributed by atoms with Gasteiger partial charge >= 0.3 is 0 Å². The van der Waals surface area contributed by atoms with Crippen molar-refractivity contribution in [3.8, 4) is 0 Å².